The number of amides is 2. The number of ether oxygens (including phenoxy) is 3. The molecule has 9 heteroatoms. The highest BCUT2D eigenvalue weighted by Gasteiger charge is 2.27. The molecular formula is C26H34N4O5. The van der Waals surface area contributed by atoms with E-state index >= 15 is 0 Å². The van der Waals surface area contributed by atoms with E-state index in [1.54, 1.807) is 37.0 Å². The van der Waals surface area contributed by atoms with Crippen LogP contribution in [-0.4, -0.2) is 40.6 Å². The van der Waals surface area contributed by atoms with E-state index in [1.807, 2.05) is 32.9 Å². The van der Waals surface area contributed by atoms with Crippen molar-refractivity contribution in [2.45, 2.75) is 45.8 Å². The number of carbonyl (C=O) groups is 2. The Morgan fingerprint density at radius 3 is 2.63 bits per heavy atom. The van der Waals surface area contributed by atoms with Crippen LogP contribution < -0.4 is 20.1 Å². The summed E-state index contributed by atoms with van der Waals surface area (Å²) in [4.78, 5) is 25.1. The number of carbonyl (C=O) groups excluding carboxylic acids is 2. The highest BCUT2D eigenvalue weighted by Crippen LogP contribution is 2.44. The fourth-order valence-electron chi connectivity index (χ4n) is 3.65. The van der Waals surface area contributed by atoms with E-state index in [0.29, 0.717) is 48.1 Å². The van der Waals surface area contributed by atoms with Gasteiger partial charge < -0.3 is 24.8 Å². The molecule has 2 N–H and O–H groups in total. The Bertz CT molecular complexity index is 1120. The maximum absolute atomic E-state index is 12.6. The molecule has 1 aliphatic heterocycles. The molecule has 35 heavy (non-hydrogen) atoms. The maximum Gasteiger partial charge on any atom is 0.408 e. The molecule has 0 spiro atoms. The standard InChI is InChI=1S/C26H34N4O5/c1-8-10-19(29-25(32)35-26(4,5)6)17-13-18(23-21(14-17)33-11-12-34-23)22-20(15-27-30(22)7)28-24(31)16(3)9-2/h8-9,13-16,19H,1-2,10-12H2,3-7H3,(H,28,31)(H,29,32)/t16-,19+/m1/s1. The molecule has 0 fully saturated rings. The minimum absolute atomic E-state index is 0.201. The average Bonchev–Trinajstić information content (AvgIpc) is 3.15. The lowest BCUT2D eigenvalue weighted by atomic mass is 9.97. The van der Waals surface area contributed by atoms with Crippen molar-refractivity contribution >= 4 is 17.7 Å². The summed E-state index contributed by atoms with van der Waals surface area (Å²) >= 11 is 0. The van der Waals surface area contributed by atoms with E-state index in [-0.39, 0.29) is 11.8 Å². The zero-order valence-corrected chi connectivity index (χ0v) is 21.0. The minimum atomic E-state index is -0.634. The Morgan fingerprint density at radius 1 is 1.26 bits per heavy atom. The summed E-state index contributed by atoms with van der Waals surface area (Å²) in [6.45, 7) is 15.5. The fraction of sp³-hybridized carbons (Fsp3) is 0.423. The number of fused-ring (bicyclic) bond motifs is 1. The van der Waals surface area contributed by atoms with Gasteiger partial charge in [0.15, 0.2) is 11.5 Å². The zero-order chi connectivity index (χ0) is 25.8. The molecule has 2 aromatic rings. The molecule has 3 rings (SSSR count). The summed E-state index contributed by atoms with van der Waals surface area (Å²) in [5.74, 6) is 0.512. The largest absolute Gasteiger partial charge is 0.486 e. The number of nitrogens with one attached hydrogen (secondary N) is 2. The number of aryl methyl sites for hydroxylation is 1. The second-order valence-electron chi connectivity index (χ2n) is 9.36. The first-order valence-electron chi connectivity index (χ1n) is 11.5. The molecule has 1 aliphatic rings. The summed E-state index contributed by atoms with van der Waals surface area (Å²) < 4.78 is 19.0. The van der Waals surface area contributed by atoms with Crippen molar-refractivity contribution in [3.8, 4) is 22.8 Å². The van der Waals surface area contributed by atoms with Crippen LogP contribution in [0.4, 0.5) is 10.5 Å². The van der Waals surface area contributed by atoms with Crippen LogP contribution in [0.25, 0.3) is 11.3 Å². The van der Waals surface area contributed by atoms with Crippen LogP contribution >= 0.6 is 0 Å². The molecule has 0 aliphatic carbocycles. The van der Waals surface area contributed by atoms with Crippen molar-refractivity contribution in [2.75, 3.05) is 18.5 Å². The highest BCUT2D eigenvalue weighted by atomic mass is 16.6. The van der Waals surface area contributed by atoms with E-state index < -0.39 is 17.7 Å². The number of benzene rings is 1. The SMILES string of the molecule is C=CC[C@H](NC(=O)OC(C)(C)C)c1cc2c(c(-c3c(NC(=O)[C@H](C)C=C)cnn3C)c1)OCCO2. The second-order valence-corrected chi connectivity index (χ2v) is 9.36. The van der Waals surface area contributed by atoms with Gasteiger partial charge in [-0.05, 0) is 44.9 Å². The van der Waals surface area contributed by atoms with Gasteiger partial charge >= 0.3 is 6.09 Å². The Kier molecular flexibility index (Phi) is 7.89. The first-order valence-corrected chi connectivity index (χ1v) is 11.5. The van der Waals surface area contributed by atoms with Gasteiger partial charge in [0.25, 0.3) is 0 Å². The fourth-order valence-corrected chi connectivity index (χ4v) is 3.65. The van der Waals surface area contributed by atoms with Crippen LogP contribution in [0.2, 0.25) is 0 Å². The van der Waals surface area contributed by atoms with Crippen LogP contribution in [0.5, 0.6) is 11.5 Å². The van der Waals surface area contributed by atoms with E-state index in [2.05, 4.69) is 28.9 Å². The van der Waals surface area contributed by atoms with Gasteiger partial charge in [-0.25, -0.2) is 4.79 Å². The predicted octanol–water partition coefficient (Wildman–Crippen LogP) is 4.76. The third-order valence-corrected chi connectivity index (χ3v) is 5.38. The van der Waals surface area contributed by atoms with E-state index in [9.17, 15) is 9.59 Å². The van der Waals surface area contributed by atoms with Crippen LogP contribution in [0, 0.1) is 5.92 Å². The number of rotatable bonds is 8. The van der Waals surface area contributed by atoms with Gasteiger partial charge in [-0.15, -0.1) is 13.2 Å². The Morgan fingerprint density at radius 2 is 1.97 bits per heavy atom. The molecule has 0 bridgehead atoms. The zero-order valence-electron chi connectivity index (χ0n) is 21.0. The van der Waals surface area contributed by atoms with Crippen molar-refractivity contribution in [1.82, 2.24) is 15.1 Å². The highest BCUT2D eigenvalue weighted by molar-refractivity contribution is 5.97. The molecule has 2 atom stereocenters. The molecule has 1 aromatic heterocycles. The molecule has 9 nitrogen and oxygen atoms in total. The number of aromatic nitrogens is 2. The number of anilines is 1. The Labute approximate surface area is 206 Å². The van der Waals surface area contributed by atoms with Gasteiger partial charge in [0.2, 0.25) is 5.91 Å². The minimum Gasteiger partial charge on any atom is -0.486 e. The number of alkyl carbamates (subject to hydrolysis) is 1. The number of hydrogen-bond acceptors (Lipinski definition) is 6. The van der Waals surface area contributed by atoms with Gasteiger partial charge in [-0.2, -0.15) is 5.10 Å². The lowest BCUT2D eigenvalue weighted by Gasteiger charge is -2.26. The van der Waals surface area contributed by atoms with Gasteiger partial charge in [-0.1, -0.05) is 19.1 Å². The summed E-state index contributed by atoms with van der Waals surface area (Å²) in [5.41, 5.74) is 1.99. The summed E-state index contributed by atoms with van der Waals surface area (Å²) in [6.07, 6.45) is 4.82. The molecule has 0 radical (unpaired) electrons. The second kappa shape index (κ2) is 10.7. The molecule has 2 amide bonds. The molecular weight excluding hydrogens is 448 g/mol. The van der Waals surface area contributed by atoms with Gasteiger partial charge in [-0.3, -0.25) is 9.48 Å². The molecule has 2 heterocycles. The first-order chi connectivity index (χ1) is 16.5. The third kappa shape index (κ3) is 6.23. The van der Waals surface area contributed by atoms with Gasteiger partial charge in [0, 0.05) is 12.6 Å². The predicted molar refractivity (Wildman–Crippen MR) is 135 cm³/mol. The van der Waals surface area contributed by atoms with Crippen LogP contribution in [0.15, 0.2) is 43.6 Å². The van der Waals surface area contributed by atoms with Crippen molar-refractivity contribution in [3.05, 3.63) is 49.2 Å². The topological polar surface area (TPSA) is 104 Å². The smallest absolute Gasteiger partial charge is 0.408 e. The Hall–Kier alpha value is -3.75. The molecule has 0 saturated heterocycles. The summed E-state index contributed by atoms with van der Waals surface area (Å²) in [6, 6.07) is 3.32. The lowest BCUT2D eigenvalue weighted by molar-refractivity contribution is -0.118. The van der Waals surface area contributed by atoms with E-state index in [0.717, 1.165) is 5.56 Å². The quantitative estimate of drug-likeness (QED) is 0.526. The van der Waals surface area contributed by atoms with Crippen molar-refractivity contribution < 1.29 is 23.8 Å². The molecule has 0 saturated carbocycles. The van der Waals surface area contributed by atoms with Gasteiger partial charge in [0.05, 0.1) is 29.5 Å². The maximum atomic E-state index is 12.6. The van der Waals surface area contributed by atoms with Gasteiger partial charge in [0.1, 0.15) is 18.8 Å². The van der Waals surface area contributed by atoms with Crippen LogP contribution in [-0.2, 0) is 16.6 Å². The number of hydrogen-bond donors (Lipinski definition) is 2. The van der Waals surface area contributed by atoms with Crippen molar-refractivity contribution in [2.24, 2.45) is 13.0 Å². The number of nitrogens with zero attached hydrogens (tertiary/aromatic N) is 2. The van der Waals surface area contributed by atoms with E-state index in [4.69, 9.17) is 14.2 Å². The normalized spacial score (nSPS) is 14.4. The molecule has 0 unspecified atom stereocenters. The molecule has 188 valence electrons. The first kappa shape index (κ1) is 25.9. The van der Waals surface area contributed by atoms with Crippen LogP contribution in [0.3, 0.4) is 0 Å². The monoisotopic (exact) mass is 482 g/mol. The summed E-state index contributed by atoms with van der Waals surface area (Å²) in [7, 11) is 1.78. The average molecular weight is 483 g/mol. The summed E-state index contributed by atoms with van der Waals surface area (Å²) in [5, 5.41) is 10.2. The third-order valence-electron chi connectivity index (χ3n) is 5.38. The lowest BCUT2D eigenvalue weighted by Crippen LogP contribution is -2.35. The van der Waals surface area contributed by atoms with Crippen molar-refractivity contribution in [1.29, 1.82) is 0 Å². The van der Waals surface area contributed by atoms with Crippen molar-refractivity contribution in [3.63, 3.8) is 0 Å². The van der Waals surface area contributed by atoms with Crippen LogP contribution in [0.1, 0.15) is 45.7 Å². The Balaban J connectivity index is 2.08. The molecule has 1 aromatic carbocycles. The van der Waals surface area contributed by atoms with E-state index in [1.165, 1.54) is 0 Å².